The minimum absolute atomic E-state index is 0. The van der Waals surface area contributed by atoms with Crippen molar-refractivity contribution in [1.29, 1.82) is 0 Å². The number of carbonyl (C=O) groups excluding carboxylic acids is 1. The summed E-state index contributed by atoms with van der Waals surface area (Å²) >= 11 is 1.67. The number of guanidine groups is 1. The van der Waals surface area contributed by atoms with E-state index in [1.54, 1.807) is 23.3 Å². The monoisotopic (exact) mass is 525 g/mol. The predicted molar refractivity (Wildman–Crippen MR) is 128 cm³/mol. The fraction of sp³-hybridized carbons (Fsp3) is 0.737. The number of ether oxygens (including phenoxy) is 1. The van der Waals surface area contributed by atoms with Crippen LogP contribution in [0.5, 0.6) is 0 Å². The number of thiazole rings is 1. The van der Waals surface area contributed by atoms with Gasteiger partial charge in [0.25, 0.3) is 0 Å². The Bertz CT molecular complexity index is 614. The quantitative estimate of drug-likeness (QED) is 0.234. The molecule has 0 aliphatic carbocycles. The molecule has 1 amide bonds. The van der Waals surface area contributed by atoms with Crippen molar-refractivity contribution in [2.45, 2.75) is 66.0 Å². The highest BCUT2D eigenvalue weighted by Crippen LogP contribution is 2.12. The third-order valence-electron chi connectivity index (χ3n) is 3.68. The Morgan fingerprint density at radius 2 is 1.96 bits per heavy atom. The van der Waals surface area contributed by atoms with Crippen LogP contribution >= 0.6 is 35.3 Å². The molecule has 0 saturated carbocycles. The SMILES string of the molecule is CN=C(NCCCN(C(=O)OC(C)(C)C)C(C)C)NCCc1csc(C)n1.I. The van der Waals surface area contributed by atoms with Gasteiger partial charge in [-0.25, -0.2) is 9.78 Å². The first-order chi connectivity index (χ1) is 12.6. The first kappa shape index (κ1) is 26.9. The predicted octanol–water partition coefficient (Wildman–Crippen LogP) is 3.81. The molecule has 0 radical (unpaired) electrons. The molecule has 1 rings (SSSR count). The fourth-order valence-electron chi connectivity index (χ4n) is 2.39. The smallest absolute Gasteiger partial charge is 0.410 e. The molecule has 2 N–H and O–H groups in total. The summed E-state index contributed by atoms with van der Waals surface area (Å²) in [5.74, 6) is 0.760. The number of nitrogens with zero attached hydrogens (tertiary/aromatic N) is 3. The van der Waals surface area contributed by atoms with Crippen molar-refractivity contribution in [3.63, 3.8) is 0 Å². The van der Waals surface area contributed by atoms with Gasteiger partial charge in [-0.15, -0.1) is 35.3 Å². The van der Waals surface area contributed by atoms with Crippen molar-refractivity contribution in [3.05, 3.63) is 16.1 Å². The van der Waals surface area contributed by atoms with E-state index in [1.165, 1.54) is 0 Å². The molecule has 0 fully saturated rings. The molecule has 162 valence electrons. The number of rotatable bonds is 8. The van der Waals surface area contributed by atoms with E-state index in [2.05, 4.69) is 26.0 Å². The van der Waals surface area contributed by atoms with Gasteiger partial charge in [-0.05, 0) is 48.0 Å². The average molecular weight is 526 g/mol. The Morgan fingerprint density at radius 1 is 1.32 bits per heavy atom. The van der Waals surface area contributed by atoms with E-state index in [0.717, 1.165) is 42.6 Å². The van der Waals surface area contributed by atoms with E-state index >= 15 is 0 Å². The summed E-state index contributed by atoms with van der Waals surface area (Å²) in [6, 6.07) is 0.0962. The average Bonchev–Trinajstić information content (AvgIpc) is 2.96. The number of hydrogen-bond donors (Lipinski definition) is 2. The molecule has 0 aliphatic heterocycles. The molecule has 1 aromatic heterocycles. The number of aliphatic imine (C=N–C) groups is 1. The van der Waals surface area contributed by atoms with E-state index in [4.69, 9.17) is 4.74 Å². The van der Waals surface area contributed by atoms with Crippen LogP contribution in [0, 0.1) is 6.92 Å². The van der Waals surface area contributed by atoms with Gasteiger partial charge in [0.05, 0.1) is 10.7 Å². The maximum Gasteiger partial charge on any atom is 0.410 e. The van der Waals surface area contributed by atoms with Crippen LogP contribution in [0.1, 0.15) is 51.7 Å². The van der Waals surface area contributed by atoms with Crippen LogP contribution in [-0.4, -0.2) is 60.3 Å². The molecule has 1 aromatic rings. The molecule has 0 atom stereocenters. The van der Waals surface area contributed by atoms with Crippen molar-refractivity contribution in [2.24, 2.45) is 4.99 Å². The Morgan fingerprint density at radius 3 is 2.46 bits per heavy atom. The van der Waals surface area contributed by atoms with Gasteiger partial charge in [-0.1, -0.05) is 0 Å². The van der Waals surface area contributed by atoms with E-state index < -0.39 is 5.60 Å². The number of aryl methyl sites for hydroxylation is 1. The minimum Gasteiger partial charge on any atom is -0.444 e. The van der Waals surface area contributed by atoms with Crippen molar-refractivity contribution in [2.75, 3.05) is 26.7 Å². The van der Waals surface area contributed by atoms with Gasteiger partial charge >= 0.3 is 6.09 Å². The number of carbonyl (C=O) groups is 1. The van der Waals surface area contributed by atoms with Gasteiger partial charge in [0.2, 0.25) is 0 Å². The van der Waals surface area contributed by atoms with Gasteiger partial charge in [0, 0.05) is 44.5 Å². The molecule has 28 heavy (non-hydrogen) atoms. The molecule has 0 aromatic carbocycles. The van der Waals surface area contributed by atoms with Crippen molar-refractivity contribution in [1.82, 2.24) is 20.5 Å². The van der Waals surface area contributed by atoms with Crippen LogP contribution in [0.2, 0.25) is 0 Å². The highest BCUT2D eigenvalue weighted by atomic mass is 127. The Balaban J connectivity index is 0.00000729. The first-order valence-electron chi connectivity index (χ1n) is 9.47. The summed E-state index contributed by atoms with van der Waals surface area (Å²) in [6.07, 6.45) is 1.41. The maximum atomic E-state index is 12.3. The van der Waals surface area contributed by atoms with Crippen molar-refractivity contribution >= 4 is 47.4 Å². The van der Waals surface area contributed by atoms with Gasteiger partial charge in [-0.2, -0.15) is 0 Å². The summed E-state index contributed by atoms with van der Waals surface area (Å²) in [5.41, 5.74) is 0.620. The van der Waals surface area contributed by atoms with E-state index in [0.29, 0.717) is 6.54 Å². The molecule has 0 aliphatic rings. The van der Waals surface area contributed by atoms with E-state index in [1.807, 2.05) is 41.5 Å². The van der Waals surface area contributed by atoms with Crippen LogP contribution in [0.4, 0.5) is 4.79 Å². The molecule has 9 heteroatoms. The van der Waals surface area contributed by atoms with Gasteiger partial charge in [0.15, 0.2) is 5.96 Å². The van der Waals surface area contributed by atoms with Crippen LogP contribution in [0.25, 0.3) is 0 Å². The standard InChI is InChI=1S/C19H35N5O2S.HI/c1-14(2)24(18(25)26-19(4,5)6)12-8-10-21-17(20-7)22-11-9-16-13-27-15(3)23-16;/h13-14H,8-12H2,1-7H3,(H2,20,21,22);1H. The van der Waals surface area contributed by atoms with Gasteiger partial charge < -0.3 is 20.3 Å². The lowest BCUT2D eigenvalue weighted by Gasteiger charge is -2.30. The zero-order valence-electron chi connectivity index (χ0n) is 18.2. The van der Waals surface area contributed by atoms with Crippen LogP contribution in [0.15, 0.2) is 10.4 Å². The zero-order valence-corrected chi connectivity index (χ0v) is 21.3. The highest BCUT2D eigenvalue weighted by molar-refractivity contribution is 14.0. The molecular weight excluding hydrogens is 489 g/mol. The molecule has 0 bridgehead atoms. The Kier molecular flexibility index (Phi) is 12.7. The summed E-state index contributed by atoms with van der Waals surface area (Å²) in [7, 11) is 1.75. The van der Waals surface area contributed by atoms with Crippen molar-refractivity contribution < 1.29 is 9.53 Å². The summed E-state index contributed by atoms with van der Waals surface area (Å²) in [5, 5.41) is 9.75. The normalized spacial score (nSPS) is 11.8. The molecule has 0 unspecified atom stereocenters. The van der Waals surface area contributed by atoms with E-state index in [9.17, 15) is 4.79 Å². The Labute approximate surface area is 190 Å². The fourth-order valence-corrected chi connectivity index (χ4v) is 3.04. The van der Waals surface area contributed by atoms with Gasteiger partial charge in [-0.3, -0.25) is 4.99 Å². The minimum atomic E-state index is -0.482. The topological polar surface area (TPSA) is 78.9 Å². The Hall–Kier alpha value is -1.10. The molecular formula is C19H36IN5O2S. The second kappa shape index (κ2) is 13.2. The summed E-state index contributed by atoms with van der Waals surface area (Å²) in [6.45, 7) is 13.8. The second-order valence-corrected chi connectivity index (χ2v) is 8.72. The number of halogens is 1. The third kappa shape index (κ3) is 11.0. The van der Waals surface area contributed by atoms with Crippen LogP contribution in [0.3, 0.4) is 0 Å². The maximum absolute atomic E-state index is 12.3. The molecule has 7 nitrogen and oxygen atoms in total. The second-order valence-electron chi connectivity index (χ2n) is 7.65. The number of aromatic nitrogens is 1. The highest BCUT2D eigenvalue weighted by Gasteiger charge is 2.23. The van der Waals surface area contributed by atoms with E-state index in [-0.39, 0.29) is 36.1 Å². The molecule has 0 saturated heterocycles. The third-order valence-corrected chi connectivity index (χ3v) is 4.51. The lowest BCUT2D eigenvalue weighted by molar-refractivity contribution is 0.0190. The van der Waals surface area contributed by atoms with Crippen molar-refractivity contribution in [3.8, 4) is 0 Å². The lowest BCUT2D eigenvalue weighted by Crippen LogP contribution is -2.43. The van der Waals surface area contributed by atoms with Gasteiger partial charge in [0.1, 0.15) is 5.60 Å². The zero-order chi connectivity index (χ0) is 20.4. The number of amides is 1. The number of nitrogens with one attached hydrogen (secondary N) is 2. The van der Waals surface area contributed by atoms with Crippen LogP contribution < -0.4 is 10.6 Å². The largest absolute Gasteiger partial charge is 0.444 e. The first-order valence-corrected chi connectivity index (χ1v) is 10.4. The van der Waals surface area contributed by atoms with Crippen LogP contribution in [-0.2, 0) is 11.2 Å². The molecule has 1 heterocycles. The lowest BCUT2D eigenvalue weighted by atomic mass is 10.2. The number of hydrogen-bond acceptors (Lipinski definition) is 5. The molecule has 0 spiro atoms. The summed E-state index contributed by atoms with van der Waals surface area (Å²) < 4.78 is 5.48. The summed E-state index contributed by atoms with van der Waals surface area (Å²) in [4.78, 5) is 22.7.